The van der Waals surface area contributed by atoms with Crippen molar-refractivity contribution < 1.29 is 9.53 Å². The number of nitrogens with one attached hydrogen (secondary N) is 1. The number of carbonyl (C=O) groups excluding carboxylic acids is 1. The predicted octanol–water partition coefficient (Wildman–Crippen LogP) is 3.69. The van der Waals surface area contributed by atoms with Gasteiger partial charge in [-0.1, -0.05) is 24.3 Å². The van der Waals surface area contributed by atoms with Gasteiger partial charge in [0.05, 0.1) is 0 Å². The number of pyridine rings is 1. The molecule has 1 amide bonds. The highest BCUT2D eigenvalue weighted by Gasteiger charge is 2.15. The van der Waals surface area contributed by atoms with Crippen molar-refractivity contribution in [2.24, 2.45) is 0 Å². The minimum atomic E-state index is -0.455. The van der Waals surface area contributed by atoms with Gasteiger partial charge in [0.1, 0.15) is 5.60 Å². The molecule has 0 aliphatic carbocycles. The van der Waals surface area contributed by atoms with E-state index >= 15 is 0 Å². The topological polar surface area (TPSA) is 51.2 Å². The Morgan fingerprint density at radius 3 is 2.76 bits per heavy atom. The van der Waals surface area contributed by atoms with E-state index in [1.54, 1.807) is 0 Å². The molecule has 21 heavy (non-hydrogen) atoms. The van der Waals surface area contributed by atoms with E-state index in [4.69, 9.17) is 4.74 Å². The fraction of sp³-hybridized carbons (Fsp3) is 0.412. The number of aryl methyl sites for hydroxylation is 1. The second-order valence-corrected chi connectivity index (χ2v) is 6.05. The van der Waals surface area contributed by atoms with Gasteiger partial charge in [-0.15, -0.1) is 0 Å². The SMILES string of the molecule is CC(C)(C)OC(=O)NCCCc1cncc2ccccc12. The van der Waals surface area contributed by atoms with Crippen LogP contribution in [-0.2, 0) is 11.2 Å². The van der Waals surface area contributed by atoms with Crippen LogP contribution < -0.4 is 5.32 Å². The predicted molar refractivity (Wildman–Crippen MR) is 84.3 cm³/mol. The molecule has 0 saturated carbocycles. The molecule has 0 spiro atoms. The first-order chi connectivity index (χ1) is 9.96. The summed E-state index contributed by atoms with van der Waals surface area (Å²) in [7, 11) is 0. The number of benzene rings is 1. The number of nitrogens with zero attached hydrogens (tertiary/aromatic N) is 1. The van der Waals surface area contributed by atoms with Gasteiger partial charge in [0.2, 0.25) is 0 Å². The Balaban J connectivity index is 1.84. The van der Waals surface area contributed by atoms with Gasteiger partial charge in [-0.2, -0.15) is 0 Å². The van der Waals surface area contributed by atoms with Crippen molar-refractivity contribution in [3.05, 3.63) is 42.2 Å². The minimum absolute atomic E-state index is 0.362. The summed E-state index contributed by atoms with van der Waals surface area (Å²) in [4.78, 5) is 15.8. The number of hydrogen-bond donors (Lipinski definition) is 1. The molecule has 0 unspecified atom stereocenters. The van der Waals surface area contributed by atoms with Gasteiger partial charge in [-0.05, 0) is 44.6 Å². The molecular formula is C17H22N2O2. The van der Waals surface area contributed by atoms with Crippen LogP contribution in [-0.4, -0.2) is 23.2 Å². The highest BCUT2D eigenvalue weighted by Crippen LogP contribution is 2.18. The number of carbonyl (C=O) groups is 1. The van der Waals surface area contributed by atoms with Crippen LogP contribution in [0, 0.1) is 0 Å². The van der Waals surface area contributed by atoms with Gasteiger partial charge in [0.15, 0.2) is 0 Å². The molecule has 2 aromatic rings. The maximum absolute atomic E-state index is 11.5. The zero-order valence-corrected chi connectivity index (χ0v) is 12.8. The fourth-order valence-corrected chi connectivity index (χ4v) is 2.16. The second-order valence-electron chi connectivity index (χ2n) is 6.05. The number of alkyl carbamates (subject to hydrolysis) is 1. The third-order valence-electron chi connectivity index (χ3n) is 3.04. The van der Waals surface area contributed by atoms with Crippen molar-refractivity contribution in [1.29, 1.82) is 0 Å². The Labute approximate surface area is 125 Å². The van der Waals surface area contributed by atoms with E-state index in [2.05, 4.69) is 22.4 Å². The van der Waals surface area contributed by atoms with Crippen molar-refractivity contribution in [3.63, 3.8) is 0 Å². The van der Waals surface area contributed by atoms with Gasteiger partial charge >= 0.3 is 6.09 Å². The van der Waals surface area contributed by atoms with Gasteiger partial charge in [0.25, 0.3) is 0 Å². The first-order valence-corrected chi connectivity index (χ1v) is 7.24. The number of aromatic nitrogens is 1. The summed E-state index contributed by atoms with van der Waals surface area (Å²) < 4.78 is 5.20. The summed E-state index contributed by atoms with van der Waals surface area (Å²) in [5.74, 6) is 0. The maximum atomic E-state index is 11.5. The highest BCUT2D eigenvalue weighted by molar-refractivity contribution is 5.84. The lowest BCUT2D eigenvalue weighted by atomic mass is 10.0. The highest BCUT2D eigenvalue weighted by atomic mass is 16.6. The minimum Gasteiger partial charge on any atom is -0.444 e. The van der Waals surface area contributed by atoms with Crippen molar-refractivity contribution in [1.82, 2.24) is 10.3 Å². The quantitative estimate of drug-likeness (QED) is 0.872. The zero-order valence-electron chi connectivity index (χ0n) is 12.8. The number of ether oxygens (including phenoxy) is 1. The van der Waals surface area contributed by atoms with Crippen LogP contribution >= 0.6 is 0 Å². The van der Waals surface area contributed by atoms with Gasteiger partial charge in [-0.25, -0.2) is 4.79 Å². The zero-order chi connectivity index (χ0) is 15.3. The summed E-state index contributed by atoms with van der Waals surface area (Å²) in [6.45, 7) is 6.16. The van der Waals surface area contributed by atoms with Crippen molar-refractivity contribution >= 4 is 16.9 Å². The first kappa shape index (κ1) is 15.3. The Morgan fingerprint density at radius 2 is 2.00 bits per heavy atom. The number of rotatable bonds is 4. The smallest absolute Gasteiger partial charge is 0.407 e. The molecule has 0 aliphatic rings. The Bertz CT molecular complexity index is 612. The molecule has 2 rings (SSSR count). The molecule has 0 fully saturated rings. The van der Waals surface area contributed by atoms with Gasteiger partial charge < -0.3 is 10.1 Å². The van der Waals surface area contributed by atoms with Crippen LogP contribution in [0.2, 0.25) is 0 Å². The molecular weight excluding hydrogens is 264 g/mol. The Morgan fingerprint density at radius 1 is 1.24 bits per heavy atom. The van der Waals surface area contributed by atoms with Crippen LogP contribution in [0.1, 0.15) is 32.8 Å². The van der Waals surface area contributed by atoms with Crippen molar-refractivity contribution in [3.8, 4) is 0 Å². The third-order valence-corrected chi connectivity index (χ3v) is 3.04. The second kappa shape index (κ2) is 6.57. The molecule has 0 aliphatic heterocycles. The Hall–Kier alpha value is -2.10. The summed E-state index contributed by atoms with van der Waals surface area (Å²) in [5, 5.41) is 5.15. The molecule has 0 bridgehead atoms. The third kappa shape index (κ3) is 4.74. The van der Waals surface area contributed by atoms with Crippen LogP contribution in [0.25, 0.3) is 10.8 Å². The normalized spacial score (nSPS) is 11.4. The number of hydrogen-bond acceptors (Lipinski definition) is 3. The van der Waals surface area contributed by atoms with E-state index in [0.717, 1.165) is 18.2 Å². The molecule has 4 heteroatoms. The lowest BCUT2D eigenvalue weighted by Crippen LogP contribution is -2.33. The standard InChI is InChI=1S/C17H22N2O2/c1-17(2,3)21-16(20)19-10-6-8-14-12-18-11-13-7-4-5-9-15(13)14/h4-5,7,9,11-12H,6,8,10H2,1-3H3,(H,19,20). The summed E-state index contributed by atoms with van der Waals surface area (Å²) in [6.07, 6.45) is 5.14. The molecule has 112 valence electrons. The van der Waals surface area contributed by atoms with Gasteiger partial charge in [-0.3, -0.25) is 4.98 Å². The molecule has 1 aromatic heterocycles. The largest absolute Gasteiger partial charge is 0.444 e. The lowest BCUT2D eigenvalue weighted by Gasteiger charge is -2.19. The fourth-order valence-electron chi connectivity index (χ4n) is 2.16. The summed E-state index contributed by atoms with van der Waals surface area (Å²) in [6, 6.07) is 8.21. The average molecular weight is 286 g/mol. The number of fused-ring (bicyclic) bond motifs is 1. The van der Waals surface area contributed by atoms with Crippen LogP contribution in [0.5, 0.6) is 0 Å². The molecule has 1 N–H and O–H groups in total. The lowest BCUT2D eigenvalue weighted by molar-refractivity contribution is 0.0527. The molecule has 0 saturated heterocycles. The number of amides is 1. The summed E-state index contributed by atoms with van der Waals surface area (Å²) >= 11 is 0. The Kier molecular flexibility index (Phi) is 4.78. The van der Waals surface area contributed by atoms with Crippen molar-refractivity contribution in [2.45, 2.75) is 39.2 Å². The van der Waals surface area contributed by atoms with E-state index in [1.807, 2.05) is 45.3 Å². The maximum Gasteiger partial charge on any atom is 0.407 e. The molecule has 1 aromatic carbocycles. The van der Waals surface area contributed by atoms with E-state index in [1.165, 1.54) is 10.9 Å². The van der Waals surface area contributed by atoms with Gasteiger partial charge in [0, 0.05) is 24.3 Å². The van der Waals surface area contributed by atoms with E-state index in [-0.39, 0.29) is 6.09 Å². The molecule has 1 heterocycles. The monoisotopic (exact) mass is 286 g/mol. The molecule has 0 atom stereocenters. The van der Waals surface area contributed by atoms with Crippen molar-refractivity contribution in [2.75, 3.05) is 6.54 Å². The van der Waals surface area contributed by atoms with E-state index < -0.39 is 5.60 Å². The van der Waals surface area contributed by atoms with Crippen LogP contribution in [0.15, 0.2) is 36.7 Å². The van der Waals surface area contributed by atoms with Crippen LogP contribution in [0.3, 0.4) is 0 Å². The van der Waals surface area contributed by atoms with E-state index in [0.29, 0.717) is 6.54 Å². The van der Waals surface area contributed by atoms with Crippen LogP contribution in [0.4, 0.5) is 4.79 Å². The first-order valence-electron chi connectivity index (χ1n) is 7.24. The average Bonchev–Trinajstić information content (AvgIpc) is 2.42. The summed E-state index contributed by atoms with van der Waals surface area (Å²) in [5.41, 5.74) is 0.753. The van der Waals surface area contributed by atoms with E-state index in [9.17, 15) is 4.79 Å². The molecule has 0 radical (unpaired) electrons. The molecule has 4 nitrogen and oxygen atoms in total.